The maximum atomic E-state index is 11.7. The first-order chi connectivity index (χ1) is 8.19. The summed E-state index contributed by atoms with van der Waals surface area (Å²) in [6, 6.07) is 0. The summed E-state index contributed by atoms with van der Waals surface area (Å²) in [4.78, 5) is 19.5. The minimum atomic E-state index is -0.391. The third-order valence-corrected chi connectivity index (χ3v) is 2.53. The maximum absolute atomic E-state index is 11.7. The molecular formula is C8H9N7OS. The summed E-state index contributed by atoms with van der Waals surface area (Å²) in [6.45, 7) is 1.80. The van der Waals surface area contributed by atoms with Gasteiger partial charge in [0.1, 0.15) is 10.7 Å². The average Bonchev–Trinajstić information content (AvgIpc) is 2.75. The molecule has 0 fully saturated rings. The number of nitrogen functional groups attached to an aromatic ring is 1. The molecule has 9 heteroatoms. The van der Waals surface area contributed by atoms with Gasteiger partial charge in [-0.1, -0.05) is 11.3 Å². The second-order valence-electron chi connectivity index (χ2n) is 3.01. The van der Waals surface area contributed by atoms with Crippen molar-refractivity contribution < 1.29 is 4.79 Å². The fourth-order valence-electron chi connectivity index (χ4n) is 1.03. The molecule has 2 heterocycles. The number of nitrogens with two attached hydrogens (primary N) is 1. The van der Waals surface area contributed by atoms with Crippen molar-refractivity contribution in [1.29, 1.82) is 0 Å². The molecule has 1 amide bonds. The summed E-state index contributed by atoms with van der Waals surface area (Å²) >= 11 is 1.28. The van der Waals surface area contributed by atoms with Gasteiger partial charge in [0.05, 0.1) is 12.4 Å². The molecule has 88 valence electrons. The maximum Gasteiger partial charge on any atom is 0.277 e. The molecule has 0 atom stereocenters. The zero-order valence-electron chi connectivity index (χ0n) is 8.84. The van der Waals surface area contributed by atoms with Gasteiger partial charge in [0.15, 0.2) is 5.82 Å². The van der Waals surface area contributed by atoms with Crippen molar-refractivity contribution >= 4 is 28.2 Å². The minimum Gasteiger partial charge on any atom is -0.307 e. The Morgan fingerprint density at radius 2 is 2.18 bits per heavy atom. The number of amides is 1. The van der Waals surface area contributed by atoms with Crippen molar-refractivity contribution in [3.05, 3.63) is 23.1 Å². The van der Waals surface area contributed by atoms with Crippen LogP contribution < -0.4 is 16.6 Å². The van der Waals surface area contributed by atoms with E-state index < -0.39 is 5.91 Å². The van der Waals surface area contributed by atoms with Crippen LogP contribution in [0.4, 0.5) is 10.9 Å². The van der Waals surface area contributed by atoms with E-state index in [0.717, 1.165) is 5.01 Å². The van der Waals surface area contributed by atoms with E-state index in [4.69, 9.17) is 5.84 Å². The van der Waals surface area contributed by atoms with E-state index in [2.05, 4.69) is 30.9 Å². The monoisotopic (exact) mass is 251 g/mol. The Balaban J connectivity index is 2.09. The van der Waals surface area contributed by atoms with E-state index in [-0.39, 0.29) is 5.69 Å². The van der Waals surface area contributed by atoms with Gasteiger partial charge >= 0.3 is 0 Å². The third kappa shape index (κ3) is 2.71. The summed E-state index contributed by atoms with van der Waals surface area (Å²) in [5.74, 6) is 5.12. The molecule has 0 radical (unpaired) electrons. The summed E-state index contributed by atoms with van der Waals surface area (Å²) in [5, 5.41) is 11.3. The molecule has 2 aromatic rings. The summed E-state index contributed by atoms with van der Waals surface area (Å²) in [6.07, 6.45) is 2.68. The lowest BCUT2D eigenvalue weighted by Crippen LogP contribution is -2.15. The highest BCUT2D eigenvalue weighted by atomic mass is 32.1. The molecule has 2 rings (SSSR count). The molecule has 0 saturated carbocycles. The van der Waals surface area contributed by atoms with Gasteiger partial charge in [-0.25, -0.2) is 15.8 Å². The average molecular weight is 251 g/mol. The van der Waals surface area contributed by atoms with Gasteiger partial charge < -0.3 is 5.43 Å². The molecule has 0 bridgehead atoms. The van der Waals surface area contributed by atoms with E-state index in [1.54, 1.807) is 6.92 Å². The second kappa shape index (κ2) is 4.80. The SMILES string of the molecule is Cc1nnc(NC(=O)c2cnc(NN)cn2)s1. The van der Waals surface area contributed by atoms with E-state index in [1.165, 1.54) is 23.7 Å². The highest BCUT2D eigenvalue weighted by molar-refractivity contribution is 7.15. The van der Waals surface area contributed by atoms with E-state index in [9.17, 15) is 4.79 Å². The lowest BCUT2D eigenvalue weighted by molar-refractivity contribution is 0.102. The summed E-state index contributed by atoms with van der Waals surface area (Å²) < 4.78 is 0. The quantitative estimate of drug-likeness (QED) is 0.525. The minimum absolute atomic E-state index is 0.178. The topological polar surface area (TPSA) is 119 Å². The molecule has 0 unspecified atom stereocenters. The largest absolute Gasteiger partial charge is 0.307 e. The van der Waals surface area contributed by atoms with Gasteiger partial charge in [0, 0.05) is 0 Å². The van der Waals surface area contributed by atoms with Crippen LogP contribution in [0.1, 0.15) is 15.5 Å². The van der Waals surface area contributed by atoms with Crippen molar-refractivity contribution in [2.45, 2.75) is 6.92 Å². The number of carbonyl (C=O) groups is 1. The number of carbonyl (C=O) groups excluding carboxylic acids is 1. The van der Waals surface area contributed by atoms with Crippen LogP contribution in [0, 0.1) is 6.92 Å². The molecule has 8 nitrogen and oxygen atoms in total. The second-order valence-corrected chi connectivity index (χ2v) is 4.19. The van der Waals surface area contributed by atoms with Crippen molar-refractivity contribution in [1.82, 2.24) is 20.2 Å². The molecule has 0 saturated heterocycles. The summed E-state index contributed by atoms with van der Waals surface area (Å²) in [5.41, 5.74) is 2.50. The fourth-order valence-corrected chi connectivity index (χ4v) is 1.61. The van der Waals surface area contributed by atoms with Crippen LogP contribution in [-0.2, 0) is 0 Å². The van der Waals surface area contributed by atoms with Gasteiger partial charge in [-0.15, -0.1) is 10.2 Å². The summed E-state index contributed by atoms with van der Waals surface area (Å²) in [7, 11) is 0. The van der Waals surface area contributed by atoms with Gasteiger partial charge in [-0.3, -0.25) is 10.1 Å². The smallest absolute Gasteiger partial charge is 0.277 e. The Morgan fingerprint density at radius 1 is 1.35 bits per heavy atom. The number of hydrazine groups is 1. The van der Waals surface area contributed by atoms with E-state index >= 15 is 0 Å². The first-order valence-electron chi connectivity index (χ1n) is 4.59. The Morgan fingerprint density at radius 3 is 2.71 bits per heavy atom. The molecule has 0 aliphatic heterocycles. The van der Waals surface area contributed by atoms with E-state index in [1.807, 2.05) is 0 Å². The fraction of sp³-hybridized carbons (Fsp3) is 0.125. The number of aromatic nitrogens is 4. The Labute approximate surface area is 100 Å². The highest BCUT2D eigenvalue weighted by Crippen LogP contribution is 2.14. The zero-order valence-corrected chi connectivity index (χ0v) is 9.65. The molecule has 0 aliphatic carbocycles. The van der Waals surface area contributed by atoms with Crippen LogP contribution in [0.5, 0.6) is 0 Å². The van der Waals surface area contributed by atoms with Gasteiger partial charge in [-0.05, 0) is 6.92 Å². The predicted octanol–water partition coefficient (Wildman–Crippen LogP) is 0.174. The molecular weight excluding hydrogens is 242 g/mol. The number of nitrogens with zero attached hydrogens (tertiary/aromatic N) is 4. The van der Waals surface area contributed by atoms with Crippen LogP contribution >= 0.6 is 11.3 Å². The van der Waals surface area contributed by atoms with E-state index in [0.29, 0.717) is 10.9 Å². The Bertz CT molecular complexity index is 523. The number of hydrogen-bond donors (Lipinski definition) is 3. The standard InChI is InChI=1S/C8H9N7OS/c1-4-14-15-8(17-4)12-7(16)5-2-11-6(13-9)3-10-5/h2-3H,9H2,1H3,(H,11,13)(H,12,15,16). The number of nitrogens with one attached hydrogen (secondary N) is 2. The molecule has 2 aromatic heterocycles. The number of anilines is 2. The number of hydrogen-bond acceptors (Lipinski definition) is 8. The van der Waals surface area contributed by atoms with Crippen LogP contribution in [0.2, 0.25) is 0 Å². The van der Waals surface area contributed by atoms with Crippen molar-refractivity contribution in [2.24, 2.45) is 5.84 Å². The highest BCUT2D eigenvalue weighted by Gasteiger charge is 2.10. The third-order valence-electron chi connectivity index (χ3n) is 1.78. The van der Waals surface area contributed by atoms with Crippen LogP contribution in [0.3, 0.4) is 0 Å². The van der Waals surface area contributed by atoms with Gasteiger partial charge in [0.2, 0.25) is 5.13 Å². The molecule has 0 spiro atoms. The Kier molecular flexibility index (Phi) is 3.21. The van der Waals surface area contributed by atoms with Crippen molar-refractivity contribution in [3.63, 3.8) is 0 Å². The normalized spacial score (nSPS) is 10.0. The van der Waals surface area contributed by atoms with Crippen LogP contribution in [-0.4, -0.2) is 26.1 Å². The molecule has 4 N–H and O–H groups in total. The van der Waals surface area contributed by atoms with Crippen molar-refractivity contribution in [2.75, 3.05) is 10.7 Å². The molecule has 17 heavy (non-hydrogen) atoms. The van der Waals surface area contributed by atoms with Crippen LogP contribution in [0.25, 0.3) is 0 Å². The lowest BCUT2D eigenvalue weighted by atomic mass is 10.4. The van der Waals surface area contributed by atoms with Crippen LogP contribution in [0.15, 0.2) is 12.4 Å². The molecule has 0 aliphatic rings. The number of aryl methyl sites for hydroxylation is 1. The first kappa shape index (κ1) is 11.4. The van der Waals surface area contributed by atoms with Crippen molar-refractivity contribution in [3.8, 4) is 0 Å². The first-order valence-corrected chi connectivity index (χ1v) is 5.41. The lowest BCUT2D eigenvalue weighted by Gasteiger charge is -2.01. The predicted molar refractivity (Wildman–Crippen MR) is 62.4 cm³/mol. The molecule has 0 aromatic carbocycles. The van der Waals surface area contributed by atoms with Gasteiger partial charge in [-0.2, -0.15) is 0 Å². The Hall–Kier alpha value is -2.13. The van der Waals surface area contributed by atoms with Gasteiger partial charge in [0.25, 0.3) is 5.91 Å². The number of rotatable bonds is 3. The zero-order chi connectivity index (χ0) is 12.3.